The molecule has 1 fully saturated rings. The highest BCUT2D eigenvalue weighted by Gasteiger charge is 2.13. The van der Waals surface area contributed by atoms with Crippen LogP contribution in [0.4, 0.5) is 5.82 Å². The standard InChI is InChI=1S/C18H20N6/c1-2-15(13-23-9-6-20-14-23)12-16(3-1)18-21-5-4-17(22-18)24-10-7-19-8-11-24/h1-6,9,12,14,19H,7-8,10-11,13H2. The summed E-state index contributed by atoms with van der Waals surface area (Å²) >= 11 is 0. The molecule has 0 atom stereocenters. The van der Waals surface area contributed by atoms with Crippen LogP contribution in [-0.2, 0) is 6.54 Å². The molecule has 1 saturated heterocycles. The quantitative estimate of drug-likeness (QED) is 0.794. The Balaban J connectivity index is 1.59. The first-order chi connectivity index (χ1) is 11.9. The van der Waals surface area contributed by atoms with Gasteiger partial charge in [-0.1, -0.05) is 18.2 Å². The van der Waals surface area contributed by atoms with Crippen molar-refractivity contribution in [2.75, 3.05) is 31.1 Å². The minimum Gasteiger partial charge on any atom is -0.354 e. The summed E-state index contributed by atoms with van der Waals surface area (Å²) in [5.41, 5.74) is 2.26. The number of nitrogens with one attached hydrogen (secondary N) is 1. The van der Waals surface area contributed by atoms with Crippen LogP contribution in [0.15, 0.2) is 55.2 Å². The summed E-state index contributed by atoms with van der Waals surface area (Å²) in [5, 5.41) is 3.37. The van der Waals surface area contributed by atoms with E-state index in [0.29, 0.717) is 0 Å². The second kappa shape index (κ2) is 6.80. The summed E-state index contributed by atoms with van der Waals surface area (Å²) < 4.78 is 2.05. The molecule has 0 saturated carbocycles. The van der Waals surface area contributed by atoms with Crippen LogP contribution in [0.5, 0.6) is 0 Å². The molecule has 24 heavy (non-hydrogen) atoms. The Morgan fingerprint density at radius 2 is 2.00 bits per heavy atom. The minimum atomic E-state index is 0.776. The second-order valence-electron chi connectivity index (χ2n) is 5.91. The van der Waals surface area contributed by atoms with Crippen molar-refractivity contribution in [3.63, 3.8) is 0 Å². The molecule has 2 aromatic heterocycles. The number of nitrogens with zero attached hydrogens (tertiary/aromatic N) is 5. The maximum absolute atomic E-state index is 4.77. The molecular formula is C18H20N6. The molecule has 6 nitrogen and oxygen atoms in total. The van der Waals surface area contributed by atoms with Crippen LogP contribution in [0.1, 0.15) is 5.56 Å². The van der Waals surface area contributed by atoms with Crippen molar-refractivity contribution >= 4 is 5.82 Å². The van der Waals surface area contributed by atoms with Crippen LogP contribution in [0.25, 0.3) is 11.4 Å². The summed E-state index contributed by atoms with van der Waals surface area (Å²) in [5.74, 6) is 1.78. The topological polar surface area (TPSA) is 58.9 Å². The Morgan fingerprint density at radius 1 is 1.08 bits per heavy atom. The van der Waals surface area contributed by atoms with E-state index in [0.717, 1.165) is 49.9 Å². The summed E-state index contributed by atoms with van der Waals surface area (Å²) in [6, 6.07) is 10.4. The van der Waals surface area contributed by atoms with E-state index >= 15 is 0 Å². The summed E-state index contributed by atoms with van der Waals surface area (Å²) in [7, 11) is 0. The number of anilines is 1. The zero-order valence-electron chi connectivity index (χ0n) is 13.5. The minimum absolute atomic E-state index is 0.776. The first-order valence-electron chi connectivity index (χ1n) is 8.22. The van der Waals surface area contributed by atoms with Crippen LogP contribution in [-0.4, -0.2) is 45.7 Å². The Labute approximate surface area is 141 Å². The molecule has 1 aliphatic heterocycles. The fourth-order valence-corrected chi connectivity index (χ4v) is 2.96. The number of benzene rings is 1. The van der Waals surface area contributed by atoms with E-state index in [2.05, 4.69) is 49.0 Å². The van der Waals surface area contributed by atoms with Gasteiger partial charge in [0.15, 0.2) is 5.82 Å². The normalized spacial score (nSPS) is 14.8. The Hall–Kier alpha value is -2.73. The average molecular weight is 320 g/mol. The van der Waals surface area contributed by atoms with Crippen LogP contribution in [0, 0.1) is 0 Å². The molecule has 0 amide bonds. The van der Waals surface area contributed by atoms with Gasteiger partial charge in [-0.05, 0) is 17.7 Å². The van der Waals surface area contributed by atoms with Gasteiger partial charge in [0, 0.05) is 56.9 Å². The average Bonchev–Trinajstić information content (AvgIpc) is 3.16. The first kappa shape index (κ1) is 14.8. The third-order valence-corrected chi connectivity index (χ3v) is 4.19. The monoisotopic (exact) mass is 320 g/mol. The van der Waals surface area contributed by atoms with E-state index in [1.807, 2.05) is 24.8 Å². The van der Waals surface area contributed by atoms with Gasteiger partial charge in [-0.15, -0.1) is 0 Å². The molecule has 4 rings (SSSR count). The van der Waals surface area contributed by atoms with Gasteiger partial charge in [0.25, 0.3) is 0 Å². The van der Waals surface area contributed by atoms with Crippen molar-refractivity contribution < 1.29 is 0 Å². The SMILES string of the molecule is c1cc(Cn2ccnc2)cc(-c2nccc(N3CCNCC3)n2)c1. The molecular weight excluding hydrogens is 300 g/mol. The lowest BCUT2D eigenvalue weighted by atomic mass is 10.1. The molecule has 3 heterocycles. The molecule has 0 aliphatic carbocycles. The van der Waals surface area contributed by atoms with Crippen LogP contribution in [0.2, 0.25) is 0 Å². The zero-order valence-corrected chi connectivity index (χ0v) is 13.5. The van der Waals surface area contributed by atoms with Gasteiger partial charge in [0.05, 0.1) is 6.33 Å². The lowest BCUT2D eigenvalue weighted by Gasteiger charge is -2.28. The summed E-state index contributed by atoms with van der Waals surface area (Å²) in [6.07, 6.45) is 7.44. The summed E-state index contributed by atoms with van der Waals surface area (Å²) in [6.45, 7) is 4.76. The van der Waals surface area contributed by atoms with Gasteiger partial charge in [-0.3, -0.25) is 0 Å². The fourth-order valence-electron chi connectivity index (χ4n) is 2.96. The molecule has 0 spiro atoms. The van der Waals surface area contributed by atoms with Crippen LogP contribution in [0.3, 0.4) is 0 Å². The maximum Gasteiger partial charge on any atom is 0.161 e. The Morgan fingerprint density at radius 3 is 2.83 bits per heavy atom. The molecule has 1 N–H and O–H groups in total. The smallest absolute Gasteiger partial charge is 0.161 e. The second-order valence-corrected chi connectivity index (χ2v) is 5.91. The lowest BCUT2D eigenvalue weighted by Crippen LogP contribution is -2.43. The van der Waals surface area contributed by atoms with Gasteiger partial charge in [0.2, 0.25) is 0 Å². The van der Waals surface area contributed by atoms with Crippen LogP contribution >= 0.6 is 0 Å². The highest BCUT2D eigenvalue weighted by atomic mass is 15.2. The van der Waals surface area contributed by atoms with E-state index in [-0.39, 0.29) is 0 Å². The van der Waals surface area contributed by atoms with E-state index in [1.165, 1.54) is 5.56 Å². The van der Waals surface area contributed by atoms with Crippen molar-refractivity contribution in [2.45, 2.75) is 6.54 Å². The van der Waals surface area contributed by atoms with Crippen molar-refractivity contribution in [3.8, 4) is 11.4 Å². The molecule has 1 aliphatic rings. The molecule has 3 aromatic rings. The van der Waals surface area contributed by atoms with Gasteiger partial charge in [-0.2, -0.15) is 0 Å². The molecule has 0 bridgehead atoms. The van der Waals surface area contributed by atoms with E-state index < -0.39 is 0 Å². The number of imidazole rings is 1. The van der Waals surface area contributed by atoms with Crippen molar-refractivity contribution in [3.05, 3.63) is 60.8 Å². The zero-order chi connectivity index (χ0) is 16.2. The predicted octanol–water partition coefficient (Wildman–Crippen LogP) is 1.80. The Bertz CT molecular complexity index is 793. The number of aromatic nitrogens is 4. The lowest BCUT2D eigenvalue weighted by molar-refractivity contribution is 0.585. The van der Waals surface area contributed by atoms with E-state index in [4.69, 9.17) is 4.98 Å². The predicted molar refractivity (Wildman–Crippen MR) is 93.9 cm³/mol. The van der Waals surface area contributed by atoms with Gasteiger partial charge in [0.1, 0.15) is 5.82 Å². The third-order valence-electron chi connectivity index (χ3n) is 4.19. The largest absolute Gasteiger partial charge is 0.354 e. The molecule has 0 unspecified atom stereocenters. The van der Waals surface area contributed by atoms with E-state index in [1.54, 1.807) is 6.20 Å². The van der Waals surface area contributed by atoms with Crippen molar-refractivity contribution in [2.24, 2.45) is 0 Å². The third kappa shape index (κ3) is 3.28. The number of hydrogen-bond donors (Lipinski definition) is 1. The molecule has 1 aromatic carbocycles. The number of rotatable bonds is 4. The number of hydrogen-bond acceptors (Lipinski definition) is 5. The van der Waals surface area contributed by atoms with Crippen molar-refractivity contribution in [1.29, 1.82) is 0 Å². The number of piperazine rings is 1. The highest BCUT2D eigenvalue weighted by molar-refractivity contribution is 5.58. The van der Waals surface area contributed by atoms with Crippen molar-refractivity contribution in [1.82, 2.24) is 24.8 Å². The molecule has 122 valence electrons. The highest BCUT2D eigenvalue weighted by Crippen LogP contribution is 2.20. The van der Waals surface area contributed by atoms with E-state index in [9.17, 15) is 0 Å². The van der Waals surface area contributed by atoms with Gasteiger partial charge in [-0.25, -0.2) is 15.0 Å². The Kier molecular flexibility index (Phi) is 4.20. The molecule has 0 radical (unpaired) electrons. The van der Waals surface area contributed by atoms with Gasteiger partial charge < -0.3 is 14.8 Å². The summed E-state index contributed by atoms with van der Waals surface area (Å²) in [4.78, 5) is 15.6. The molecule has 6 heteroatoms. The van der Waals surface area contributed by atoms with Gasteiger partial charge >= 0.3 is 0 Å². The van der Waals surface area contributed by atoms with Crippen LogP contribution < -0.4 is 10.2 Å². The fraction of sp³-hybridized carbons (Fsp3) is 0.278. The first-order valence-corrected chi connectivity index (χ1v) is 8.22. The maximum atomic E-state index is 4.77.